The van der Waals surface area contributed by atoms with Crippen molar-refractivity contribution in [2.24, 2.45) is 11.8 Å². The number of likely N-dealkylation sites (tertiary alicyclic amines) is 2. The highest BCUT2D eigenvalue weighted by atomic mass is 35.5. The van der Waals surface area contributed by atoms with Gasteiger partial charge >= 0.3 is 0 Å². The molecule has 4 rings (SSSR count). The summed E-state index contributed by atoms with van der Waals surface area (Å²) in [6.07, 6.45) is 10.9. The summed E-state index contributed by atoms with van der Waals surface area (Å²) in [6.45, 7) is 3.09. The molecule has 6 atom stereocenters. The Morgan fingerprint density at radius 3 is 2.48 bits per heavy atom. The van der Waals surface area contributed by atoms with Crippen molar-refractivity contribution in [3.8, 4) is 0 Å². The van der Waals surface area contributed by atoms with Gasteiger partial charge in [0.1, 0.15) is 0 Å². The Labute approximate surface area is 156 Å². The van der Waals surface area contributed by atoms with Crippen LogP contribution < -0.4 is 0 Å². The van der Waals surface area contributed by atoms with E-state index in [9.17, 15) is 9.59 Å². The number of alkyl halides is 1. The summed E-state index contributed by atoms with van der Waals surface area (Å²) in [5, 5.41) is 0.0797. The predicted molar refractivity (Wildman–Crippen MR) is 98.4 cm³/mol. The first kappa shape index (κ1) is 17.8. The molecule has 2 aliphatic carbocycles. The Morgan fingerprint density at radius 1 is 0.920 bits per heavy atom. The van der Waals surface area contributed by atoms with Crippen LogP contribution in [0, 0.1) is 11.8 Å². The Kier molecular flexibility index (Phi) is 5.11. The fraction of sp³-hybridized carbons (Fsp3) is 0.900. The normalized spacial score (nSPS) is 43.4. The van der Waals surface area contributed by atoms with Gasteiger partial charge in [-0.1, -0.05) is 19.8 Å². The van der Waals surface area contributed by atoms with Crippen LogP contribution in [0.15, 0.2) is 0 Å². The molecule has 4 fully saturated rings. The maximum absolute atomic E-state index is 13.3. The van der Waals surface area contributed by atoms with E-state index in [0.717, 1.165) is 31.7 Å². The Morgan fingerprint density at radius 2 is 1.64 bits per heavy atom. The summed E-state index contributed by atoms with van der Waals surface area (Å²) in [4.78, 5) is 30.1. The standard InChI is InChI=1S/C20H31ClN2O2/c1-13-15(21)8-4-10-16(13)23-19(24)12-18(20(23)25)22-11-5-7-14-6-2-3-9-17(14)22/h13-18H,2-12H2,1H3. The van der Waals surface area contributed by atoms with E-state index >= 15 is 0 Å². The number of halogens is 1. The Bertz CT molecular complexity index is 538. The van der Waals surface area contributed by atoms with Crippen LogP contribution in [-0.2, 0) is 9.59 Å². The quantitative estimate of drug-likeness (QED) is 0.554. The minimum Gasteiger partial charge on any atom is -0.288 e. The van der Waals surface area contributed by atoms with E-state index in [4.69, 9.17) is 11.6 Å². The van der Waals surface area contributed by atoms with Gasteiger partial charge in [0.05, 0.1) is 12.5 Å². The van der Waals surface area contributed by atoms with E-state index in [-0.39, 0.29) is 35.2 Å². The van der Waals surface area contributed by atoms with Crippen LogP contribution in [0.2, 0.25) is 0 Å². The van der Waals surface area contributed by atoms with E-state index < -0.39 is 0 Å². The molecule has 0 radical (unpaired) electrons. The van der Waals surface area contributed by atoms with Crippen LogP contribution in [0.1, 0.15) is 71.1 Å². The van der Waals surface area contributed by atoms with Gasteiger partial charge in [0, 0.05) is 17.5 Å². The van der Waals surface area contributed by atoms with E-state index in [1.807, 2.05) is 0 Å². The average Bonchev–Trinajstić information content (AvgIpc) is 2.91. The molecule has 6 unspecified atom stereocenters. The van der Waals surface area contributed by atoms with Crippen LogP contribution in [0.3, 0.4) is 0 Å². The lowest BCUT2D eigenvalue weighted by atomic mass is 9.77. The Hall–Kier alpha value is -0.610. The van der Waals surface area contributed by atoms with Crippen molar-refractivity contribution >= 4 is 23.4 Å². The molecule has 2 saturated carbocycles. The monoisotopic (exact) mass is 366 g/mol. The van der Waals surface area contributed by atoms with Crippen molar-refractivity contribution in [3.63, 3.8) is 0 Å². The topological polar surface area (TPSA) is 40.6 Å². The maximum atomic E-state index is 13.3. The second-order valence-corrected chi connectivity index (χ2v) is 9.25. The molecule has 2 saturated heterocycles. The van der Waals surface area contributed by atoms with Gasteiger partial charge < -0.3 is 0 Å². The minimum atomic E-state index is -0.207. The summed E-state index contributed by atoms with van der Waals surface area (Å²) in [7, 11) is 0. The number of hydrogen-bond acceptors (Lipinski definition) is 3. The summed E-state index contributed by atoms with van der Waals surface area (Å²) in [6, 6.07) is 0.322. The van der Waals surface area contributed by atoms with Crippen molar-refractivity contribution in [2.75, 3.05) is 6.54 Å². The number of carbonyl (C=O) groups excluding carboxylic acids is 2. The molecule has 25 heavy (non-hydrogen) atoms. The predicted octanol–water partition coefficient (Wildman–Crippen LogP) is 3.56. The zero-order valence-electron chi connectivity index (χ0n) is 15.3. The second-order valence-electron chi connectivity index (χ2n) is 8.69. The van der Waals surface area contributed by atoms with Gasteiger partial charge in [-0.05, 0) is 63.3 Å². The molecule has 0 spiro atoms. The SMILES string of the molecule is CC1C(Cl)CCCC1N1C(=O)CC(N2CCCC3CCCCC32)C1=O. The first-order chi connectivity index (χ1) is 12.1. The number of carbonyl (C=O) groups is 2. The summed E-state index contributed by atoms with van der Waals surface area (Å²) in [5.41, 5.74) is 0. The molecule has 0 aromatic rings. The van der Waals surface area contributed by atoms with E-state index in [2.05, 4.69) is 11.8 Å². The lowest BCUT2D eigenvalue weighted by Gasteiger charge is -2.46. The number of hydrogen-bond donors (Lipinski definition) is 0. The van der Waals surface area contributed by atoms with Gasteiger partial charge in [0.15, 0.2) is 0 Å². The zero-order chi connectivity index (χ0) is 17.6. The van der Waals surface area contributed by atoms with Crippen molar-refractivity contribution in [1.82, 2.24) is 9.80 Å². The largest absolute Gasteiger partial charge is 0.288 e. The Balaban J connectivity index is 1.52. The third-order valence-electron chi connectivity index (χ3n) is 7.33. The molecule has 0 aromatic carbocycles. The molecule has 2 heterocycles. The fourth-order valence-electron chi connectivity index (χ4n) is 5.95. The fourth-order valence-corrected chi connectivity index (χ4v) is 6.27. The molecule has 4 aliphatic rings. The molecule has 0 N–H and O–H groups in total. The van der Waals surface area contributed by atoms with Gasteiger partial charge in [0.2, 0.25) is 11.8 Å². The number of amides is 2. The molecule has 140 valence electrons. The van der Waals surface area contributed by atoms with Crippen LogP contribution >= 0.6 is 11.6 Å². The number of imide groups is 1. The summed E-state index contributed by atoms with van der Waals surface area (Å²) < 4.78 is 0. The molecule has 2 amide bonds. The van der Waals surface area contributed by atoms with Crippen molar-refractivity contribution < 1.29 is 9.59 Å². The molecular weight excluding hydrogens is 336 g/mol. The maximum Gasteiger partial charge on any atom is 0.247 e. The summed E-state index contributed by atoms with van der Waals surface area (Å²) in [5.74, 6) is 1.04. The molecule has 5 heteroatoms. The smallest absolute Gasteiger partial charge is 0.247 e. The van der Waals surface area contributed by atoms with Gasteiger partial charge in [0.25, 0.3) is 0 Å². The molecule has 0 aromatic heterocycles. The number of rotatable bonds is 2. The third-order valence-corrected chi connectivity index (χ3v) is 7.95. The van der Waals surface area contributed by atoms with Crippen LogP contribution in [-0.4, -0.2) is 51.7 Å². The molecular formula is C20H31ClN2O2. The lowest BCUT2D eigenvalue weighted by molar-refractivity contribution is -0.145. The number of piperidine rings is 1. The van der Waals surface area contributed by atoms with Crippen LogP contribution in [0.4, 0.5) is 0 Å². The first-order valence-corrected chi connectivity index (χ1v) is 10.8. The molecule has 2 aliphatic heterocycles. The zero-order valence-corrected chi connectivity index (χ0v) is 16.1. The average molecular weight is 367 g/mol. The van der Waals surface area contributed by atoms with Crippen LogP contribution in [0.25, 0.3) is 0 Å². The number of fused-ring (bicyclic) bond motifs is 1. The van der Waals surface area contributed by atoms with Crippen molar-refractivity contribution in [3.05, 3.63) is 0 Å². The van der Waals surface area contributed by atoms with E-state index in [1.165, 1.54) is 38.5 Å². The highest BCUT2D eigenvalue weighted by Gasteiger charge is 2.50. The lowest BCUT2D eigenvalue weighted by Crippen LogP contribution is -2.55. The second kappa shape index (κ2) is 7.19. The summed E-state index contributed by atoms with van der Waals surface area (Å²) >= 11 is 6.45. The van der Waals surface area contributed by atoms with Gasteiger partial charge in [-0.3, -0.25) is 19.4 Å². The van der Waals surface area contributed by atoms with Gasteiger partial charge in [-0.15, -0.1) is 11.6 Å². The minimum absolute atomic E-state index is 0.00759. The third kappa shape index (κ3) is 3.14. The van der Waals surface area contributed by atoms with Crippen molar-refractivity contribution in [1.29, 1.82) is 0 Å². The highest BCUT2D eigenvalue weighted by Crippen LogP contribution is 2.40. The molecule has 0 bridgehead atoms. The molecule has 4 nitrogen and oxygen atoms in total. The van der Waals surface area contributed by atoms with Gasteiger partial charge in [-0.2, -0.15) is 0 Å². The first-order valence-electron chi connectivity index (χ1n) is 10.3. The van der Waals surface area contributed by atoms with Crippen molar-refractivity contribution in [2.45, 2.75) is 94.6 Å². The number of nitrogens with zero attached hydrogens (tertiary/aromatic N) is 2. The van der Waals surface area contributed by atoms with E-state index in [1.54, 1.807) is 4.90 Å². The van der Waals surface area contributed by atoms with Gasteiger partial charge in [-0.25, -0.2) is 0 Å². The van der Waals surface area contributed by atoms with Crippen LogP contribution in [0.5, 0.6) is 0 Å². The highest BCUT2D eigenvalue weighted by molar-refractivity contribution is 6.21. The van der Waals surface area contributed by atoms with E-state index in [0.29, 0.717) is 12.5 Å².